The Morgan fingerprint density at radius 2 is 1.52 bits per heavy atom. The van der Waals surface area contributed by atoms with Crippen LogP contribution in [0.25, 0.3) is 11.3 Å². The Bertz CT molecular complexity index is 1190. The summed E-state index contributed by atoms with van der Waals surface area (Å²) in [6, 6.07) is 11.0. The molecule has 11 heteroatoms. The van der Waals surface area contributed by atoms with Crippen molar-refractivity contribution in [2.45, 2.75) is 29.6 Å². The van der Waals surface area contributed by atoms with E-state index < -0.39 is 37.8 Å². The molecule has 0 saturated carbocycles. The van der Waals surface area contributed by atoms with E-state index in [9.17, 15) is 21.6 Å². The summed E-state index contributed by atoms with van der Waals surface area (Å²) in [7, 11) is -4.38. The zero-order valence-electron chi connectivity index (χ0n) is 15.9. The predicted octanol–water partition coefficient (Wildman–Crippen LogP) is 7.07. The predicted molar refractivity (Wildman–Crippen MR) is 116 cm³/mol. The van der Waals surface area contributed by atoms with Gasteiger partial charge in [0.15, 0.2) is 0 Å². The van der Waals surface area contributed by atoms with Gasteiger partial charge in [0, 0.05) is 16.7 Å². The zero-order chi connectivity index (χ0) is 23.0. The molecule has 0 aliphatic rings. The number of aromatic nitrogens is 1. The highest BCUT2D eigenvalue weighted by Crippen LogP contribution is 2.47. The lowest BCUT2D eigenvalue weighted by Gasteiger charge is -2.16. The highest BCUT2D eigenvalue weighted by atomic mass is 79.9. The highest BCUT2D eigenvalue weighted by Gasteiger charge is 2.43. The molecule has 1 heterocycles. The zero-order valence-corrected chi connectivity index (χ0v) is 19.8. The molecule has 0 saturated heterocycles. The van der Waals surface area contributed by atoms with Crippen LogP contribution in [0.2, 0.25) is 10.0 Å². The number of alkyl halides is 3. The van der Waals surface area contributed by atoms with Gasteiger partial charge in [0.05, 0.1) is 15.1 Å². The van der Waals surface area contributed by atoms with Crippen LogP contribution in [0.4, 0.5) is 13.2 Å². The van der Waals surface area contributed by atoms with E-state index in [4.69, 9.17) is 27.9 Å². The van der Waals surface area contributed by atoms with Gasteiger partial charge in [0.2, 0.25) is 9.84 Å². The fourth-order valence-electron chi connectivity index (χ4n) is 3.03. The smallest absolute Gasteiger partial charge is 0.361 e. The maximum Gasteiger partial charge on any atom is 0.432 e. The van der Waals surface area contributed by atoms with Gasteiger partial charge in [-0.25, -0.2) is 8.42 Å². The average Bonchev–Trinajstić information content (AvgIpc) is 3.00. The molecule has 0 unspecified atom stereocenters. The van der Waals surface area contributed by atoms with Crippen molar-refractivity contribution in [2.24, 2.45) is 0 Å². The molecule has 0 radical (unpaired) electrons. The number of hydrogen-bond donors (Lipinski definition) is 0. The first-order valence-corrected chi connectivity index (χ1v) is 11.8. The van der Waals surface area contributed by atoms with Gasteiger partial charge in [-0.15, -0.1) is 0 Å². The van der Waals surface area contributed by atoms with Crippen molar-refractivity contribution in [2.75, 3.05) is 6.61 Å². The summed E-state index contributed by atoms with van der Waals surface area (Å²) >= 11 is 14.7. The van der Waals surface area contributed by atoms with Gasteiger partial charge in [-0.3, -0.25) is 0 Å². The topological polar surface area (TPSA) is 48.3 Å². The first-order chi connectivity index (χ1) is 14.5. The first-order valence-electron chi connectivity index (χ1n) is 8.82. The first kappa shape index (κ1) is 24.1. The Kier molecular flexibility index (Phi) is 7.12. The van der Waals surface area contributed by atoms with Gasteiger partial charge in [-0.1, -0.05) is 35.3 Å². The molecule has 0 spiro atoms. The van der Waals surface area contributed by atoms with Crippen LogP contribution < -0.4 is 0 Å². The molecule has 31 heavy (non-hydrogen) atoms. The Morgan fingerprint density at radius 1 is 1.00 bits per heavy atom. The maximum atomic E-state index is 14.0. The van der Waals surface area contributed by atoms with Crippen molar-refractivity contribution in [3.05, 3.63) is 68.7 Å². The number of halogens is 6. The maximum absolute atomic E-state index is 14.0. The average molecular weight is 557 g/mol. The molecule has 166 valence electrons. The van der Waals surface area contributed by atoms with E-state index in [0.717, 1.165) is 4.57 Å². The summed E-state index contributed by atoms with van der Waals surface area (Å²) in [5.74, 6) is 0. The molecule has 3 rings (SSSR count). The molecule has 0 N–H and O–H groups in total. The van der Waals surface area contributed by atoms with E-state index in [1.165, 1.54) is 48.5 Å². The Labute approximate surface area is 195 Å². The molecular weight excluding hydrogens is 542 g/mol. The lowest BCUT2D eigenvalue weighted by Crippen LogP contribution is -2.16. The largest absolute Gasteiger partial charge is 0.432 e. The molecule has 1 aromatic heterocycles. The quantitative estimate of drug-likeness (QED) is 0.326. The second-order valence-corrected chi connectivity index (χ2v) is 9.90. The minimum Gasteiger partial charge on any atom is -0.361 e. The van der Waals surface area contributed by atoms with Crippen LogP contribution in [-0.2, 0) is 27.5 Å². The molecule has 0 aliphatic carbocycles. The van der Waals surface area contributed by atoms with Crippen molar-refractivity contribution in [1.29, 1.82) is 0 Å². The number of sulfone groups is 1. The van der Waals surface area contributed by atoms with Crippen molar-refractivity contribution in [3.63, 3.8) is 0 Å². The fraction of sp³-hybridized carbons (Fsp3) is 0.200. The second kappa shape index (κ2) is 9.15. The third kappa shape index (κ3) is 4.80. The van der Waals surface area contributed by atoms with Crippen molar-refractivity contribution < 1.29 is 26.3 Å². The number of nitrogens with zero attached hydrogens (tertiary/aromatic N) is 1. The Balaban J connectivity index is 2.42. The molecule has 0 amide bonds. The SMILES string of the molecule is CCOCn1c(-c2ccc(Cl)cc2)c(S(=O)(=O)c2ccc(Cl)cc2)c(Br)c1C(F)(F)F. The summed E-state index contributed by atoms with van der Waals surface area (Å²) in [4.78, 5) is -0.723. The van der Waals surface area contributed by atoms with Crippen LogP contribution in [0.15, 0.2) is 62.8 Å². The summed E-state index contributed by atoms with van der Waals surface area (Å²) in [5.41, 5.74) is -1.11. The van der Waals surface area contributed by atoms with Crippen molar-refractivity contribution >= 4 is 49.0 Å². The molecule has 0 fully saturated rings. The van der Waals surface area contributed by atoms with Gasteiger partial charge in [0.25, 0.3) is 0 Å². The molecule has 4 nitrogen and oxygen atoms in total. The molecule has 0 aliphatic heterocycles. The molecule has 3 aromatic rings. The van der Waals surface area contributed by atoms with Crippen molar-refractivity contribution in [1.82, 2.24) is 4.57 Å². The molecule has 0 bridgehead atoms. The lowest BCUT2D eigenvalue weighted by molar-refractivity contribution is -0.146. The van der Waals surface area contributed by atoms with E-state index in [1.807, 2.05) is 0 Å². The van der Waals surface area contributed by atoms with Crippen LogP contribution in [0.1, 0.15) is 12.6 Å². The summed E-state index contributed by atoms with van der Waals surface area (Å²) < 4.78 is 74.4. The number of hydrogen-bond acceptors (Lipinski definition) is 3. The van der Waals surface area contributed by atoms with E-state index in [2.05, 4.69) is 15.9 Å². The molecule has 0 atom stereocenters. The standard InChI is InChI=1S/C20H15BrCl2F3NO3S/c1-2-30-11-27-17(12-3-5-13(22)6-4-12)18(16(21)19(27)20(24,25)26)31(28,29)15-9-7-14(23)8-10-15/h3-10H,2,11H2,1H3. The van der Waals surface area contributed by atoms with Crippen LogP contribution in [-0.4, -0.2) is 19.6 Å². The third-order valence-corrected chi connectivity index (χ3v) is 7.73. The summed E-state index contributed by atoms with van der Waals surface area (Å²) in [6.07, 6.45) is -4.86. The van der Waals surface area contributed by atoms with Crippen LogP contribution in [0.3, 0.4) is 0 Å². The third-order valence-electron chi connectivity index (χ3n) is 4.37. The van der Waals surface area contributed by atoms with Crippen molar-refractivity contribution in [3.8, 4) is 11.3 Å². The van der Waals surface area contributed by atoms with Crippen LogP contribution in [0.5, 0.6) is 0 Å². The molecule has 2 aromatic carbocycles. The van der Waals surface area contributed by atoms with E-state index in [1.54, 1.807) is 6.92 Å². The van der Waals surface area contributed by atoms with Gasteiger partial charge >= 0.3 is 6.18 Å². The van der Waals surface area contributed by atoms with Gasteiger partial charge in [-0.2, -0.15) is 13.2 Å². The second-order valence-electron chi connectivity index (χ2n) is 6.35. The summed E-state index contributed by atoms with van der Waals surface area (Å²) in [5, 5.41) is 0.643. The van der Waals surface area contributed by atoms with E-state index in [0.29, 0.717) is 10.0 Å². The van der Waals surface area contributed by atoms with Gasteiger partial charge in [-0.05, 0) is 64.8 Å². The Morgan fingerprint density at radius 3 is 2.00 bits per heavy atom. The summed E-state index contributed by atoms with van der Waals surface area (Å²) in [6.45, 7) is 1.25. The van der Waals surface area contributed by atoms with Crippen LogP contribution in [0, 0.1) is 0 Å². The number of ether oxygens (including phenoxy) is 1. The monoisotopic (exact) mass is 555 g/mol. The van der Waals surface area contributed by atoms with Gasteiger partial charge in [0.1, 0.15) is 17.3 Å². The van der Waals surface area contributed by atoms with Crippen LogP contribution >= 0.6 is 39.1 Å². The minimum absolute atomic E-state index is 0.131. The van der Waals surface area contributed by atoms with E-state index >= 15 is 0 Å². The molecular formula is C20H15BrCl2F3NO3S. The minimum atomic E-state index is -4.86. The van der Waals surface area contributed by atoms with Gasteiger partial charge < -0.3 is 9.30 Å². The highest BCUT2D eigenvalue weighted by molar-refractivity contribution is 9.10. The number of benzene rings is 2. The normalized spacial score (nSPS) is 12.4. The van der Waals surface area contributed by atoms with E-state index in [-0.39, 0.29) is 22.8 Å². The fourth-order valence-corrected chi connectivity index (χ4v) is 6.09. The Hall–Kier alpha value is -1.52. The lowest BCUT2D eigenvalue weighted by atomic mass is 10.1. The number of rotatable bonds is 6.